The van der Waals surface area contributed by atoms with Crippen molar-refractivity contribution in [3.05, 3.63) is 90.5 Å². The first kappa shape index (κ1) is 55.2. The first-order chi connectivity index (χ1) is 32.4. The Morgan fingerprint density at radius 3 is 1.78 bits per heavy atom. The van der Waals surface area contributed by atoms with E-state index in [0.29, 0.717) is 12.3 Å². The van der Waals surface area contributed by atoms with Gasteiger partial charge in [0.05, 0.1) is 12.6 Å². The number of hydrogen-bond donors (Lipinski definition) is 4. The molecule has 1 fully saturated rings. The van der Waals surface area contributed by atoms with E-state index in [-0.39, 0.29) is 37.1 Å². The third-order valence-corrected chi connectivity index (χ3v) is 14.0. The van der Waals surface area contributed by atoms with E-state index in [4.69, 9.17) is 4.74 Å². The van der Waals surface area contributed by atoms with E-state index < -0.39 is 41.6 Å². The number of carbonyl (C=O) groups is 4. The number of unbranched alkanes of at least 4 members (excludes halogenated alkanes) is 15. The molecule has 4 N–H and O–H groups in total. The minimum Gasteiger partial charge on any atom is -0.488 e. The van der Waals surface area contributed by atoms with Crippen molar-refractivity contribution in [2.45, 2.75) is 180 Å². The highest BCUT2D eigenvalue weighted by Gasteiger charge is 2.46. The Kier molecular flexibility index (Phi) is 25.5. The fourth-order valence-corrected chi connectivity index (χ4v) is 9.54. The maximum atomic E-state index is 14.6. The van der Waals surface area contributed by atoms with Gasteiger partial charge in [-0.2, -0.15) is 11.8 Å². The second-order valence-electron chi connectivity index (χ2n) is 19.6. The maximum absolute atomic E-state index is 14.6. The minimum atomic E-state index is -0.935. The number of amides is 4. The van der Waals surface area contributed by atoms with E-state index in [1.54, 1.807) is 14.0 Å². The zero-order valence-electron chi connectivity index (χ0n) is 41.9. The van der Waals surface area contributed by atoms with E-state index in [1.165, 1.54) is 108 Å². The molecule has 5 atom stereocenters. The molecule has 3 aromatic rings. The van der Waals surface area contributed by atoms with Crippen molar-refractivity contribution in [1.29, 1.82) is 0 Å². The van der Waals surface area contributed by atoms with Crippen molar-refractivity contribution in [2.24, 2.45) is 5.41 Å². The summed E-state index contributed by atoms with van der Waals surface area (Å²) in [4.78, 5) is 57.9. The Morgan fingerprint density at radius 2 is 1.22 bits per heavy atom. The van der Waals surface area contributed by atoms with E-state index in [9.17, 15) is 19.2 Å². The third-order valence-electron chi connectivity index (χ3n) is 12.9. The first-order valence-corrected chi connectivity index (χ1v) is 26.9. The van der Waals surface area contributed by atoms with Crippen LogP contribution in [0.4, 0.5) is 0 Å². The lowest BCUT2D eigenvalue weighted by atomic mass is 9.85. The second-order valence-corrected chi connectivity index (χ2v) is 20.9. The molecular formula is C56H85N5O5S. The smallest absolute Gasteiger partial charge is 0.246 e. The number of hydrogen-bond acceptors (Lipinski definition) is 7. The van der Waals surface area contributed by atoms with E-state index >= 15 is 0 Å². The quantitative estimate of drug-likeness (QED) is 0.0459. The lowest BCUT2D eigenvalue weighted by molar-refractivity contribution is -0.144. The molecule has 4 amide bonds. The lowest BCUT2D eigenvalue weighted by Crippen LogP contribution is -2.60. The van der Waals surface area contributed by atoms with Gasteiger partial charge in [-0.25, -0.2) is 0 Å². The summed E-state index contributed by atoms with van der Waals surface area (Å²) in [5.74, 6) is 1.09. The summed E-state index contributed by atoms with van der Waals surface area (Å²) in [5.41, 5.74) is 2.39. The first-order valence-electron chi connectivity index (χ1n) is 25.7. The summed E-state index contributed by atoms with van der Waals surface area (Å²) in [7, 11) is 1.69. The maximum Gasteiger partial charge on any atom is 0.246 e. The molecule has 10 nitrogen and oxygen atoms in total. The predicted octanol–water partition coefficient (Wildman–Crippen LogP) is 10.7. The molecule has 67 heavy (non-hydrogen) atoms. The second kappa shape index (κ2) is 30.9. The molecule has 370 valence electrons. The molecule has 11 heteroatoms. The summed E-state index contributed by atoms with van der Waals surface area (Å²) >= 11 is 1.85. The summed E-state index contributed by atoms with van der Waals surface area (Å²) in [6.07, 6.45) is 21.7. The van der Waals surface area contributed by atoms with Crippen LogP contribution in [0.3, 0.4) is 0 Å². The molecule has 1 aliphatic heterocycles. The van der Waals surface area contributed by atoms with Gasteiger partial charge in [0, 0.05) is 25.1 Å². The third kappa shape index (κ3) is 20.4. The van der Waals surface area contributed by atoms with E-state index in [2.05, 4.69) is 40.3 Å². The van der Waals surface area contributed by atoms with Gasteiger partial charge in [0.25, 0.3) is 0 Å². The number of carbonyl (C=O) groups excluding carboxylic acids is 4. The van der Waals surface area contributed by atoms with Crippen molar-refractivity contribution in [3.63, 3.8) is 0 Å². The molecule has 0 radical (unpaired) electrons. The number of nitrogens with one attached hydrogen (secondary N) is 4. The van der Waals surface area contributed by atoms with Gasteiger partial charge >= 0.3 is 0 Å². The topological polar surface area (TPSA) is 129 Å². The molecule has 1 aliphatic rings. The highest BCUT2D eigenvalue weighted by Crippen LogP contribution is 2.29. The summed E-state index contributed by atoms with van der Waals surface area (Å²) < 4.78 is 6.33. The van der Waals surface area contributed by atoms with Gasteiger partial charge in [-0.15, -0.1) is 0 Å². The fraction of sp³-hybridized carbons (Fsp3) is 0.607. The van der Waals surface area contributed by atoms with Crippen LogP contribution in [0.15, 0.2) is 84.9 Å². The van der Waals surface area contributed by atoms with Gasteiger partial charge in [-0.1, -0.05) is 197 Å². The molecule has 1 heterocycles. The number of para-hydroxylation sites is 1. The van der Waals surface area contributed by atoms with Gasteiger partial charge in [0.1, 0.15) is 30.0 Å². The number of ether oxygens (including phenoxy) is 1. The Hall–Kier alpha value is -4.35. The van der Waals surface area contributed by atoms with E-state index in [0.717, 1.165) is 28.2 Å². The van der Waals surface area contributed by atoms with Crippen molar-refractivity contribution < 1.29 is 23.9 Å². The van der Waals surface area contributed by atoms with Gasteiger partial charge < -0.3 is 30.9 Å². The number of likely N-dealkylation sites (N-methyl/N-ethyl adjacent to an activating group) is 1. The number of likely N-dealkylation sites (tertiary alicyclic amines) is 1. The number of rotatable bonds is 32. The molecule has 3 aromatic carbocycles. The highest BCUT2D eigenvalue weighted by molar-refractivity contribution is 7.99. The predicted molar refractivity (Wildman–Crippen MR) is 278 cm³/mol. The normalized spacial score (nSPS) is 16.2. The Labute approximate surface area is 408 Å². The zero-order chi connectivity index (χ0) is 48.3. The zero-order valence-corrected chi connectivity index (χ0v) is 42.7. The average Bonchev–Trinajstić information content (AvgIpc) is 3.76. The Morgan fingerprint density at radius 1 is 0.687 bits per heavy atom. The molecule has 0 aliphatic carbocycles. The molecule has 0 unspecified atom stereocenters. The summed E-state index contributed by atoms with van der Waals surface area (Å²) in [5, 5.41) is 12.1. The SMILES string of the molecule is CCCCCCCCCCCCCCCCCCSCCNC(=O)[C@H](Cc1ccc(-c2ccccc2)cc1)NC(=O)[C@@H]1C[C@H](Oc2ccccc2)CN1C(=O)[C@@H](NC(=O)[C@H](C)NC)C(C)(C)C. The van der Waals surface area contributed by atoms with Crippen LogP contribution in [0.2, 0.25) is 0 Å². The van der Waals surface area contributed by atoms with Crippen molar-refractivity contribution in [3.8, 4) is 16.9 Å². The van der Waals surface area contributed by atoms with Gasteiger partial charge in [-0.3, -0.25) is 19.2 Å². The molecule has 0 spiro atoms. The largest absolute Gasteiger partial charge is 0.488 e. The number of nitrogens with zero attached hydrogens (tertiary/aromatic N) is 1. The van der Waals surface area contributed by atoms with Gasteiger partial charge in [0.2, 0.25) is 23.6 Å². The monoisotopic (exact) mass is 940 g/mol. The highest BCUT2D eigenvalue weighted by atomic mass is 32.2. The van der Waals surface area contributed by atoms with Crippen molar-refractivity contribution >= 4 is 35.4 Å². The van der Waals surface area contributed by atoms with Crippen LogP contribution in [-0.4, -0.2) is 90.4 Å². The van der Waals surface area contributed by atoms with Crippen LogP contribution in [0.5, 0.6) is 5.75 Å². The minimum absolute atomic E-state index is 0.143. The average molecular weight is 940 g/mol. The molecule has 0 bridgehead atoms. The van der Waals surface area contributed by atoms with Crippen LogP contribution in [0.1, 0.15) is 149 Å². The summed E-state index contributed by atoms with van der Waals surface area (Å²) in [6.45, 7) is 10.3. The van der Waals surface area contributed by atoms with Crippen molar-refractivity contribution in [1.82, 2.24) is 26.2 Å². The molecular weight excluding hydrogens is 855 g/mol. The number of thioether (sulfide) groups is 1. The van der Waals surface area contributed by atoms with Gasteiger partial charge in [0.15, 0.2) is 0 Å². The van der Waals surface area contributed by atoms with Crippen LogP contribution in [-0.2, 0) is 25.6 Å². The molecule has 0 aromatic heterocycles. The molecule has 1 saturated heterocycles. The van der Waals surface area contributed by atoms with Crippen LogP contribution in [0.25, 0.3) is 11.1 Å². The molecule has 4 rings (SSSR count). The van der Waals surface area contributed by atoms with Crippen LogP contribution in [0, 0.1) is 5.41 Å². The Balaban J connectivity index is 1.33. The number of benzene rings is 3. The van der Waals surface area contributed by atoms with Crippen LogP contribution >= 0.6 is 11.8 Å². The molecule has 0 saturated carbocycles. The van der Waals surface area contributed by atoms with Crippen LogP contribution < -0.4 is 26.0 Å². The van der Waals surface area contributed by atoms with Gasteiger partial charge in [-0.05, 0) is 60.4 Å². The standard InChI is InChI=1S/C56H85N5O5S/c1-7-8-9-10-11-12-13-14-15-16-17-18-19-20-21-28-38-67-39-37-58-53(63)49(40-44-33-35-46(36-34-44)45-29-24-22-25-30-45)59-54(64)50-41-48(66-47-31-26-23-27-32-47)42-61(50)55(65)51(56(3,4)5)60-52(62)43(2)57-6/h22-27,29-36,43,48-51,57H,7-21,28,37-42H2,1-6H3,(H,58,63)(H,59,64)(H,60,62)/t43-,48-,49-,50-,51+/m0/s1. The van der Waals surface area contributed by atoms with Crippen molar-refractivity contribution in [2.75, 3.05) is 31.6 Å². The Bertz CT molecular complexity index is 1860. The van der Waals surface area contributed by atoms with E-state index in [1.807, 2.05) is 105 Å². The summed E-state index contributed by atoms with van der Waals surface area (Å²) in [6, 6.07) is 24.3. The fourth-order valence-electron chi connectivity index (χ4n) is 8.68. The lowest BCUT2D eigenvalue weighted by Gasteiger charge is -2.36.